The van der Waals surface area contributed by atoms with Gasteiger partial charge in [0, 0.05) is 38.0 Å². The second-order valence-corrected chi connectivity index (χ2v) is 5.62. The lowest BCUT2D eigenvalue weighted by Crippen LogP contribution is -2.31. The molecule has 0 bridgehead atoms. The monoisotopic (exact) mass is 300 g/mol. The quantitative estimate of drug-likeness (QED) is 0.866. The van der Waals surface area contributed by atoms with Crippen molar-refractivity contribution in [2.75, 3.05) is 13.1 Å². The van der Waals surface area contributed by atoms with Crippen molar-refractivity contribution in [2.45, 2.75) is 26.4 Å². The van der Waals surface area contributed by atoms with Crippen LogP contribution in [-0.2, 0) is 7.05 Å². The lowest BCUT2D eigenvalue weighted by molar-refractivity contribution is 0.0769. The Hall–Kier alpha value is -2.37. The largest absolute Gasteiger partial charge is 0.472 e. The Morgan fingerprint density at radius 3 is 2.82 bits per heavy atom. The highest BCUT2D eigenvalue weighted by Gasteiger charge is 2.31. The Morgan fingerprint density at radius 2 is 2.18 bits per heavy atom. The molecular formula is C16H20N4O2. The third kappa shape index (κ3) is 2.68. The smallest absolute Gasteiger partial charge is 0.257 e. The van der Waals surface area contributed by atoms with Crippen molar-refractivity contribution in [3.63, 3.8) is 0 Å². The molecular weight excluding hydrogens is 280 g/mol. The lowest BCUT2D eigenvalue weighted by Gasteiger charge is -2.17. The zero-order valence-electron chi connectivity index (χ0n) is 13.1. The summed E-state index contributed by atoms with van der Waals surface area (Å²) in [7, 11) is 1.86. The molecule has 1 amide bonds. The first-order chi connectivity index (χ1) is 10.6. The second kappa shape index (κ2) is 5.79. The Bertz CT molecular complexity index is 681. The summed E-state index contributed by atoms with van der Waals surface area (Å²) in [4.78, 5) is 18.7. The number of pyridine rings is 1. The highest BCUT2D eigenvalue weighted by atomic mass is 16.5. The molecule has 0 N–H and O–H groups in total. The van der Waals surface area contributed by atoms with E-state index in [0.717, 1.165) is 17.8 Å². The molecule has 0 spiro atoms. The number of carbonyl (C=O) groups excluding carboxylic acids is 1. The predicted molar refractivity (Wildman–Crippen MR) is 81.9 cm³/mol. The number of likely N-dealkylation sites (tertiary alicyclic amines) is 1. The number of hydrogen-bond donors (Lipinski definition) is 0. The maximum atomic E-state index is 12.7. The maximum Gasteiger partial charge on any atom is 0.257 e. The van der Waals surface area contributed by atoms with E-state index in [2.05, 4.69) is 10.1 Å². The molecule has 22 heavy (non-hydrogen) atoms. The van der Waals surface area contributed by atoms with Gasteiger partial charge in [0.15, 0.2) is 0 Å². The van der Waals surface area contributed by atoms with Gasteiger partial charge in [0.2, 0.25) is 5.88 Å². The Balaban J connectivity index is 1.68. The van der Waals surface area contributed by atoms with E-state index in [0.29, 0.717) is 24.5 Å². The molecule has 2 aromatic heterocycles. The molecule has 1 aliphatic heterocycles. The van der Waals surface area contributed by atoms with Crippen molar-refractivity contribution in [2.24, 2.45) is 7.05 Å². The van der Waals surface area contributed by atoms with Crippen molar-refractivity contribution in [3.05, 3.63) is 41.3 Å². The second-order valence-electron chi connectivity index (χ2n) is 5.62. The van der Waals surface area contributed by atoms with Gasteiger partial charge in [-0.1, -0.05) is 6.07 Å². The molecule has 1 unspecified atom stereocenters. The van der Waals surface area contributed by atoms with Crippen LogP contribution >= 0.6 is 0 Å². The van der Waals surface area contributed by atoms with Gasteiger partial charge in [-0.05, 0) is 19.9 Å². The van der Waals surface area contributed by atoms with Crippen molar-refractivity contribution >= 4 is 5.91 Å². The average molecular weight is 300 g/mol. The van der Waals surface area contributed by atoms with Crippen LogP contribution in [-0.4, -0.2) is 44.8 Å². The van der Waals surface area contributed by atoms with Crippen LogP contribution in [0.5, 0.6) is 5.88 Å². The molecule has 3 heterocycles. The van der Waals surface area contributed by atoms with Gasteiger partial charge < -0.3 is 9.64 Å². The fourth-order valence-electron chi connectivity index (χ4n) is 2.84. The van der Waals surface area contributed by atoms with E-state index in [4.69, 9.17) is 4.74 Å². The van der Waals surface area contributed by atoms with Crippen LogP contribution in [0.1, 0.15) is 28.2 Å². The van der Waals surface area contributed by atoms with Crippen molar-refractivity contribution in [1.82, 2.24) is 19.7 Å². The van der Waals surface area contributed by atoms with Gasteiger partial charge in [0.05, 0.1) is 17.8 Å². The third-order valence-electron chi connectivity index (χ3n) is 4.08. The molecule has 1 atom stereocenters. The van der Waals surface area contributed by atoms with Gasteiger partial charge in [-0.25, -0.2) is 4.98 Å². The van der Waals surface area contributed by atoms with Gasteiger partial charge in [-0.3, -0.25) is 9.48 Å². The first kappa shape index (κ1) is 14.6. The summed E-state index contributed by atoms with van der Waals surface area (Å²) < 4.78 is 7.58. The number of amides is 1. The van der Waals surface area contributed by atoms with E-state index in [1.165, 1.54) is 0 Å². The number of ether oxygens (including phenoxy) is 1. The molecule has 3 rings (SSSR count). The molecule has 1 fully saturated rings. The number of aromatic nitrogens is 3. The van der Waals surface area contributed by atoms with Crippen LogP contribution in [0.3, 0.4) is 0 Å². The van der Waals surface area contributed by atoms with Crippen molar-refractivity contribution < 1.29 is 9.53 Å². The molecule has 116 valence electrons. The number of nitrogens with zero attached hydrogens (tertiary/aromatic N) is 4. The molecule has 2 aromatic rings. The minimum absolute atomic E-state index is 0.00358. The molecule has 0 saturated carbocycles. The van der Waals surface area contributed by atoms with Crippen LogP contribution in [0.2, 0.25) is 0 Å². The number of aryl methyl sites for hydroxylation is 2. The molecule has 0 aliphatic carbocycles. The Kier molecular flexibility index (Phi) is 3.83. The van der Waals surface area contributed by atoms with Gasteiger partial charge >= 0.3 is 0 Å². The van der Waals surface area contributed by atoms with E-state index in [1.54, 1.807) is 10.9 Å². The molecule has 1 aliphatic rings. The average Bonchev–Trinajstić information content (AvgIpc) is 3.05. The van der Waals surface area contributed by atoms with Gasteiger partial charge in [0.25, 0.3) is 5.91 Å². The van der Waals surface area contributed by atoms with E-state index in [1.807, 2.05) is 44.0 Å². The summed E-state index contributed by atoms with van der Waals surface area (Å²) in [5.41, 5.74) is 2.39. The van der Waals surface area contributed by atoms with Gasteiger partial charge in [-0.2, -0.15) is 5.10 Å². The number of rotatable bonds is 3. The molecule has 1 saturated heterocycles. The summed E-state index contributed by atoms with van der Waals surface area (Å²) in [6.07, 6.45) is 2.52. The predicted octanol–water partition coefficient (Wildman–Crippen LogP) is 1.73. The van der Waals surface area contributed by atoms with E-state index in [-0.39, 0.29) is 12.0 Å². The summed E-state index contributed by atoms with van der Waals surface area (Å²) in [5, 5.41) is 4.32. The van der Waals surface area contributed by atoms with Crippen molar-refractivity contribution in [1.29, 1.82) is 0 Å². The van der Waals surface area contributed by atoms with Gasteiger partial charge in [0.1, 0.15) is 6.10 Å². The summed E-state index contributed by atoms with van der Waals surface area (Å²) in [6, 6.07) is 5.58. The molecule has 0 aromatic carbocycles. The first-order valence-corrected chi connectivity index (χ1v) is 7.43. The van der Waals surface area contributed by atoms with Gasteiger partial charge in [-0.15, -0.1) is 0 Å². The Morgan fingerprint density at radius 1 is 1.36 bits per heavy atom. The third-order valence-corrected chi connectivity index (χ3v) is 4.08. The zero-order chi connectivity index (χ0) is 15.7. The molecule has 6 nitrogen and oxygen atoms in total. The summed E-state index contributed by atoms with van der Waals surface area (Å²) >= 11 is 0. The molecule has 6 heteroatoms. The standard InChI is InChI=1S/C16H20N4O2/c1-11-15(12(2)19(3)18-11)16(21)20-9-7-13(10-20)22-14-6-4-5-8-17-14/h4-6,8,13H,7,9-10H2,1-3H3. The van der Waals surface area contributed by atoms with Crippen LogP contribution in [0.15, 0.2) is 24.4 Å². The minimum atomic E-state index is -0.00358. The normalized spacial score (nSPS) is 17.8. The first-order valence-electron chi connectivity index (χ1n) is 7.43. The fourth-order valence-corrected chi connectivity index (χ4v) is 2.84. The van der Waals surface area contributed by atoms with Crippen LogP contribution in [0.4, 0.5) is 0 Å². The summed E-state index contributed by atoms with van der Waals surface area (Å²) in [6.45, 7) is 5.08. The van der Waals surface area contributed by atoms with Crippen LogP contribution < -0.4 is 4.74 Å². The number of hydrogen-bond acceptors (Lipinski definition) is 4. The van der Waals surface area contributed by atoms with Crippen LogP contribution in [0.25, 0.3) is 0 Å². The van der Waals surface area contributed by atoms with E-state index in [9.17, 15) is 4.79 Å². The maximum absolute atomic E-state index is 12.7. The fraction of sp³-hybridized carbons (Fsp3) is 0.438. The highest BCUT2D eigenvalue weighted by Crippen LogP contribution is 2.21. The van der Waals surface area contributed by atoms with E-state index < -0.39 is 0 Å². The lowest BCUT2D eigenvalue weighted by atomic mass is 10.2. The SMILES string of the molecule is Cc1nn(C)c(C)c1C(=O)N1CCC(Oc2ccccn2)C1. The number of carbonyl (C=O) groups is 1. The highest BCUT2D eigenvalue weighted by molar-refractivity contribution is 5.96. The topological polar surface area (TPSA) is 60.2 Å². The van der Waals surface area contributed by atoms with Crippen LogP contribution in [0, 0.1) is 13.8 Å². The Labute approximate surface area is 129 Å². The summed E-state index contributed by atoms with van der Waals surface area (Å²) in [5.74, 6) is 0.644. The van der Waals surface area contributed by atoms with E-state index >= 15 is 0 Å². The zero-order valence-corrected chi connectivity index (χ0v) is 13.1. The molecule has 0 radical (unpaired) electrons. The van der Waals surface area contributed by atoms with Crippen molar-refractivity contribution in [3.8, 4) is 5.88 Å². The minimum Gasteiger partial charge on any atom is -0.472 e.